The zero-order valence-corrected chi connectivity index (χ0v) is 19.2. The summed E-state index contributed by atoms with van der Waals surface area (Å²) in [5, 5.41) is 14.8. The summed E-state index contributed by atoms with van der Waals surface area (Å²) in [7, 11) is 1.68. The lowest BCUT2D eigenvalue weighted by molar-refractivity contribution is -0.140. The van der Waals surface area contributed by atoms with Crippen molar-refractivity contribution in [3.05, 3.63) is 36.3 Å². The van der Waals surface area contributed by atoms with Crippen molar-refractivity contribution >= 4 is 28.8 Å². The molecule has 1 aliphatic rings. The molecule has 1 atom stereocenters. The fourth-order valence-electron chi connectivity index (χ4n) is 4.34. The maximum Gasteiger partial charge on any atom is 0.285 e. The minimum Gasteiger partial charge on any atom is -0.371 e. The van der Waals surface area contributed by atoms with E-state index in [1.54, 1.807) is 46.7 Å². The van der Waals surface area contributed by atoms with Gasteiger partial charge in [-0.1, -0.05) is 0 Å². The SMILES string of the molecule is CNc1nc(N[C@@H]2CCN(C(C)=O)CC2(F)F)nn2ccc(-c3ccc4ncc(CCF)n4n3)c12. The number of aromatic nitrogens is 6. The monoisotopic (exact) mass is 487 g/mol. The molecule has 1 amide bonds. The highest BCUT2D eigenvalue weighted by molar-refractivity contribution is 5.87. The number of piperidine rings is 1. The van der Waals surface area contributed by atoms with Crippen LogP contribution in [0.4, 0.5) is 24.9 Å². The Morgan fingerprint density at radius 2 is 2.09 bits per heavy atom. The summed E-state index contributed by atoms with van der Waals surface area (Å²) in [6.45, 7) is 0.339. The Hall–Kier alpha value is -3.90. The summed E-state index contributed by atoms with van der Waals surface area (Å²) in [5.41, 5.74) is 3.18. The third-order valence-electron chi connectivity index (χ3n) is 6.16. The number of nitrogens with zero attached hydrogens (tertiary/aromatic N) is 7. The molecule has 5 heterocycles. The molecule has 1 saturated heterocycles. The highest BCUT2D eigenvalue weighted by atomic mass is 19.3. The molecule has 4 aromatic rings. The second kappa shape index (κ2) is 8.71. The van der Waals surface area contributed by atoms with E-state index in [1.807, 2.05) is 0 Å². The number of anilines is 2. The van der Waals surface area contributed by atoms with Crippen molar-refractivity contribution in [2.45, 2.75) is 31.7 Å². The van der Waals surface area contributed by atoms with Crippen LogP contribution in [-0.2, 0) is 11.2 Å². The lowest BCUT2D eigenvalue weighted by Crippen LogP contribution is -2.55. The Kier molecular flexibility index (Phi) is 5.69. The number of hydrogen-bond acceptors (Lipinski definition) is 7. The van der Waals surface area contributed by atoms with Crippen molar-refractivity contribution in [2.75, 3.05) is 37.4 Å². The van der Waals surface area contributed by atoms with E-state index in [9.17, 15) is 18.0 Å². The molecular formula is C22H24F3N9O. The quantitative estimate of drug-likeness (QED) is 0.431. The van der Waals surface area contributed by atoms with Crippen molar-refractivity contribution in [1.29, 1.82) is 0 Å². The first kappa shape index (κ1) is 22.9. The van der Waals surface area contributed by atoms with Crippen LogP contribution >= 0.6 is 0 Å². The molecule has 184 valence electrons. The van der Waals surface area contributed by atoms with Gasteiger partial charge in [-0.05, 0) is 24.6 Å². The molecule has 10 nitrogen and oxygen atoms in total. The van der Waals surface area contributed by atoms with Crippen LogP contribution < -0.4 is 10.6 Å². The molecule has 0 spiro atoms. The molecule has 0 radical (unpaired) electrons. The molecular weight excluding hydrogens is 463 g/mol. The third kappa shape index (κ3) is 4.10. The molecule has 0 aliphatic carbocycles. The largest absolute Gasteiger partial charge is 0.371 e. The number of amides is 1. The van der Waals surface area contributed by atoms with Crippen LogP contribution in [0, 0.1) is 0 Å². The van der Waals surface area contributed by atoms with Gasteiger partial charge in [0.2, 0.25) is 11.9 Å². The number of likely N-dealkylation sites (tertiary alicyclic amines) is 1. The topological polar surface area (TPSA) is 105 Å². The second-order valence-corrected chi connectivity index (χ2v) is 8.42. The number of hydrogen-bond donors (Lipinski definition) is 2. The van der Waals surface area contributed by atoms with Crippen LogP contribution in [0.3, 0.4) is 0 Å². The van der Waals surface area contributed by atoms with Crippen LogP contribution in [0.5, 0.6) is 0 Å². The van der Waals surface area contributed by atoms with Gasteiger partial charge in [0, 0.05) is 38.7 Å². The van der Waals surface area contributed by atoms with Crippen molar-refractivity contribution in [3.63, 3.8) is 0 Å². The van der Waals surface area contributed by atoms with Gasteiger partial charge in [0.25, 0.3) is 5.92 Å². The molecule has 0 saturated carbocycles. The lowest BCUT2D eigenvalue weighted by atomic mass is 10.0. The first-order valence-electron chi connectivity index (χ1n) is 11.2. The summed E-state index contributed by atoms with van der Waals surface area (Å²) < 4.78 is 45.5. The number of carbonyl (C=O) groups is 1. The highest BCUT2D eigenvalue weighted by Crippen LogP contribution is 2.32. The average Bonchev–Trinajstić information content (AvgIpc) is 3.44. The fourth-order valence-corrected chi connectivity index (χ4v) is 4.34. The first-order valence-corrected chi connectivity index (χ1v) is 11.2. The summed E-state index contributed by atoms with van der Waals surface area (Å²) in [6.07, 6.45) is 3.55. The smallest absolute Gasteiger partial charge is 0.285 e. The first-order chi connectivity index (χ1) is 16.8. The standard InChI is InChI=1S/C22H24F3N9O/c1-13(35)32-9-7-17(22(24,25)12-32)28-21-29-20(26-2)19-15(6-10-33(19)31-21)16-3-4-18-27-11-14(5-8-23)34(18)30-16/h3-4,6,10-11,17H,5,7-9,12H2,1-2H3,(H2,26,28,29,31)/t17-/m1/s1. The maximum absolute atomic E-state index is 14.7. The number of carbonyl (C=O) groups excluding carboxylic acids is 1. The van der Waals surface area contributed by atoms with E-state index in [1.165, 1.54) is 6.92 Å². The number of alkyl halides is 3. The van der Waals surface area contributed by atoms with E-state index in [4.69, 9.17) is 0 Å². The highest BCUT2D eigenvalue weighted by Gasteiger charge is 2.45. The lowest BCUT2D eigenvalue weighted by Gasteiger charge is -2.38. The Morgan fingerprint density at radius 1 is 1.26 bits per heavy atom. The molecule has 4 aromatic heterocycles. The van der Waals surface area contributed by atoms with Gasteiger partial charge in [-0.3, -0.25) is 9.18 Å². The molecule has 5 rings (SSSR count). The van der Waals surface area contributed by atoms with Crippen molar-refractivity contribution in [3.8, 4) is 11.3 Å². The van der Waals surface area contributed by atoms with Gasteiger partial charge in [0.1, 0.15) is 5.52 Å². The molecule has 0 aromatic carbocycles. The summed E-state index contributed by atoms with van der Waals surface area (Å²) in [5.74, 6) is -3.06. The number of fused-ring (bicyclic) bond motifs is 2. The Labute approximate surface area is 198 Å². The van der Waals surface area contributed by atoms with Gasteiger partial charge in [-0.2, -0.15) is 10.1 Å². The molecule has 2 N–H and O–H groups in total. The molecule has 0 unspecified atom stereocenters. The van der Waals surface area contributed by atoms with Gasteiger partial charge >= 0.3 is 0 Å². The van der Waals surface area contributed by atoms with Gasteiger partial charge in [0.05, 0.1) is 36.8 Å². The van der Waals surface area contributed by atoms with E-state index < -0.39 is 25.2 Å². The zero-order valence-electron chi connectivity index (χ0n) is 19.2. The molecule has 35 heavy (non-hydrogen) atoms. The van der Waals surface area contributed by atoms with Crippen LogP contribution in [-0.4, -0.2) is 78.8 Å². The third-order valence-corrected chi connectivity index (χ3v) is 6.16. The summed E-state index contributed by atoms with van der Waals surface area (Å²) in [6, 6.07) is 4.17. The predicted molar refractivity (Wildman–Crippen MR) is 123 cm³/mol. The Balaban J connectivity index is 1.49. The Bertz CT molecular complexity index is 1400. The number of aryl methyl sites for hydroxylation is 1. The number of halogens is 3. The fraction of sp³-hybridized carbons (Fsp3) is 0.409. The van der Waals surface area contributed by atoms with E-state index in [2.05, 4.69) is 30.8 Å². The van der Waals surface area contributed by atoms with E-state index in [-0.39, 0.29) is 31.2 Å². The molecule has 1 aliphatic heterocycles. The van der Waals surface area contributed by atoms with Crippen molar-refractivity contribution in [2.24, 2.45) is 0 Å². The molecule has 0 bridgehead atoms. The van der Waals surface area contributed by atoms with Gasteiger partial charge < -0.3 is 15.5 Å². The maximum atomic E-state index is 14.7. The van der Waals surface area contributed by atoms with Gasteiger partial charge in [0.15, 0.2) is 11.5 Å². The van der Waals surface area contributed by atoms with E-state index >= 15 is 0 Å². The average molecular weight is 487 g/mol. The van der Waals surface area contributed by atoms with Crippen molar-refractivity contribution in [1.82, 2.24) is 34.1 Å². The summed E-state index contributed by atoms with van der Waals surface area (Å²) >= 11 is 0. The number of imidazole rings is 1. The van der Waals surface area contributed by atoms with E-state index in [0.717, 1.165) is 4.90 Å². The minimum atomic E-state index is -3.13. The van der Waals surface area contributed by atoms with Crippen LogP contribution in [0.2, 0.25) is 0 Å². The summed E-state index contributed by atoms with van der Waals surface area (Å²) in [4.78, 5) is 21.3. The van der Waals surface area contributed by atoms with Crippen LogP contribution in [0.25, 0.3) is 22.4 Å². The normalized spacial score (nSPS) is 17.7. The molecule has 13 heteroatoms. The second-order valence-electron chi connectivity index (χ2n) is 8.42. The van der Waals surface area contributed by atoms with Gasteiger partial charge in [-0.15, -0.1) is 5.10 Å². The number of nitrogens with one attached hydrogen (secondary N) is 2. The zero-order chi connectivity index (χ0) is 24.7. The van der Waals surface area contributed by atoms with Crippen molar-refractivity contribution < 1.29 is 18.0 Å². The predicted octanol–water partition coefficient (Wildman–Crippen LogP) is 2.66. The number of rotatable bonds is 6. The van der Waals surface area contributed by atoms with Gasteiger partial charge in [-0.25, -0.2) is 22.8 Å². The van der Waals surface area contributed by atoms with Crippen LogP contribution in [0.15, 0.2) is 30.6 Å². The minimum absolute atomic E-state index is 0.0354. The Morgan fingerprint density at radius 3 is 2.80 bits per heavy atom. The molecule has 1 fully saturated rings. The van der Waals surface area contributed by atoms with E-state index in [0.29, 0.717) is 33.9 Å². The van der Waals surface area contributed by atoms with Crippen LogP contribution in [0.1, 0.15) is 19.0 Å².